The van der Waals surface area contributed by atoms with E-state index in [0.29, 0.717) is 5.82 Å². The standard InChI is InChI=1S/C12H13ClN4OS/c1-6-5-7-9(16-12(13)17-11(7)19-6)15-8-3-2-4-14-10(8)18/h5,8H,2-4H2,1H3,(H,14,18)(H,15,16,17). The van der Waals surface area contributed by atoms with Crippen molar-refractivity contribution in [1.29, 1.82) is 0 Å². The van der Waals surface area contributed by atoms with Crippen LogP contribution in [0.1, 0.15) is 17.7 Å². The number of anilines is 1. The minimum Gasteiger partial charge on any atom is -0.358 e. The predicted octanol–water partition coefficient (Wildman–Crippen LogP) is 2.34. The van der Waals surface area contributed by atoms with Crippen LogP contribution in [0, 0.1) is 6.92 Å². The number of carbonyl (C=O) groups excluding carboxylic acids is 1. The van der Waals surface area contributed by atoms with Crippen LogP contribution < -0.4 is 10.6 Å². The summed E-state index contributed by atoms with van der Waals surface area (Å²) in [6, 6.07) is 1.77. The van der Waals surface area contributed by atoms with Crippen molar-refractivity contribution in [3.05, 3.63) is 16.2 Å². The maximum Gasteiger partial charge on any atom is 0.242 e. The van der Waals surface area contributed by atoms with E-state index in [2.05, 4.69) is 20.6 Å². The van der Waals surface area contributed by atoms with Crippen molar-refractivity contribution in [3.8, 4) is 0 Å². The Bertz CT molecular complexity index is 642. The summed E-state index contributed by atoms with van der Waals surface area (Å²) in [6.07, 6.45) is 1.77. The van der Waals surface area contributed by atoms with E-state index in [9.17, 15) is 4.79 Å². The molecule has 0 radical (unpaired) electrons. The van der Waals surface area contributed by atoms with Crippen LogP contribution in [0.5, 0.6) is 0 Å². The summed E-state index contributed by atoms with van der Waals surface area (Å²) in [7, 11) is 0. The number of nitrogens with zero attached hydrogens (tertiary/aromatic N) is 2. The van der Waals surface area contributed by atoms with E-state index < -0.39 is 0 Å². The first-order valence-electron chi connectivity index (χ1n) is 6.11. The molecule has 1 fully saturated rings. The Morgan fingerprint density at radius 3 is 3.16 bits per heavy atom. The van der Waals surface area contributed by atoms with Crippen LogP contribution in [0.4, 0.5) is 5.82 Å². The van der Waals surface area contributed by atoms with Crippen molar-refractivity contribution < 1.29 is 4.79 Å². The van der Waals surface area contributed by atoms with Crippen LogP contribution in [0.3, 0.4) is 0 Å². The summed E-state index contributed by atoms with van der Waals surface area (Å²) < 4.78 is 0. The zero-order valence-electron chi connectivity index (χ0n) is 10.4. The van der Waals surface area contributed by atoms with E-state index in [1.807, 2.05) is 13.0 Å². The largest absolute Gasteiger partial charge is 0.358 e. The maximum absolute atomic E-state index is 11.8. The number of nitrogens with one attached hydrogen (secondary N) is 2. The van der Waals surface area contributed by atoms with Gasteiger partial charge in [-0.3, -0.25) is 4.79 Å². The van der Waals surface area contributed by atoms with Crippen molar-refractivity contribution in [3.63, 3.8) is 0 Å². The molecule has 0 spiro atoms. The first-order chi connectivity index (χ1) is 9.13. The Hall–Kier alpha value is -1.40. The molecule has 1 aliphatic rings. The minimum atomic E-state index is -0.247. The Labute approximate surface area is 119 Å². The second-order valence-corrected chi connectivity index (χ2v) is 6.12. The van der Waals surface area contributed by atoms with Crippen LogP contribution >= 0.6 is 22.9 Å². The number of fused-ring (bicyclic) bond motifs is 1. The van der Waals surface area contributed by atoms with Gasteiger partial charge in [0.05, 0.1) is 5.39 Å². The Balaban J connectivity index is 1.97. The molecule has 19 heavy (non-hydrogen) atoms. The van der Waals surface area contributed by atoms with Gasteiger partial charge in [0.15, 0.2) is 0 Å². The summed E-state index contributed by atoms with van der Waals surface area (Å²) >= 11 is 7.50. The van der Waals surface area contributed by atoms with Crippen LogP contribution in [0.25, 0.3) is 10.2 Å². The highest BCUT2D eigenvalue weighted by Gasteiger charge is 2.23. The number of carbonyl (C=O) groups is 1. The van der Waals surface area contributed by atoms with Crippen molar-refractivity contribution in [2.45, 2.75) is 25.8 Å². The molecule has 1 aliphatic heterocycles. The van der Waals surface area contributed by atoms with Crippen LogP contribution in [0.15, 0.2) is 6.07 Å². The van der Waals surface area contributed by atoms with Crippen molar-refractivity contribution in [2.75, 3.05) is 11.9 Å². The van der Waals surface area contributed by atoms with E-state index >= 15 is 0 Å². The van der Waals surface area contributed by atoms with Gasteiger partial charge in [-0.15, -0.1) is 11.3 Å². The normalized spacial score (nSPS) is 19.5. The molecule has 1 amide bonds. The van der Waals surface area contributed by atoms with E-state index in [1.165, 1.54) is 0 Å². The van der Waals surface area contributed by atoms with Gasteiger partial charge < -0.3 is 10.6 Å². The lowest BCUT2D eigenvalue weighted by Gasteiger charge is -2.23. The van der Waals surface area contributed by atoms with Gasteiger partial charge in [-0.1, -0.05) is 0 Å². The molecule has 0 saturated carbocycles. The topological polar surface area (TPSA) is 66.9 Å². The molecule has 2 N–H and O–H groups in total. The van der Waals surface area contributed by atoms with Crippen LogP contribution in [-0.4, -0.2) is 28.5 Å². The lowest BCUT2D eigenvalue weighted by Crippen LogP contribution is -2.44. The minimum absolute atomic E-state index is 0.0149. The molecule has 2 aromatic rings. The lowest BCUT2D eigenvalue weighted by molar-refractivity contribution is -0.123. The third-order valence-corrected chi connectivity index (χ3v) is 4.20. The molecule has 3 heterocycles. The molecule has 1 atom stereocenters. The van der Waals surface area contributed by atoms with Gasteiger partial charge in [-0.2, -0.15) is 0 Å². The number of amides is 1. The molecular weight excluding hydrogens is 284 g/mol. The summed E-state index contributed by atoms with van der Waals surface area (Å²) in [5, 5.41) is 7.16. The molecule has 0 bridgehead atoms. The number of hydrogen-bond donors (Lipinski definition) is 2. The molecule has 2 aromatic heterocycles. The predicted molar refractivity (Wildman–Crippen MR) is 76.8 cm³/mol. The summed E-state index contributed by atoms with van der Waals surface area (Å²) in [5.74, 6) is 0.655. The molecule has 1 saturated heterocycles. The summed E-state index contributed by atoms with van der Waals surface area (Å²) in [5.41, 5.74) is 0. The number of aromatic nitrogens is 2. The molecule has 0 aliphatic carbocycles. The molecule has 3 rings (SSSR count). The van der Waals surface area contributed by atoms with Gasteiger partial charge in [0.1, 0.15) is 16.7 Å². The van der Waals surface area contributed by atoms with E-state index in [0.717, 1.165) is 34.5 Å². The average Bonchev–Trinajstić information content (AvgIpc) is 2.72. The van der Waals surface area contributed by atoms with Crippen molar-refractivity contribution >= 4 is 44.9 Å². The second kappa shape index (κ2) is 4.94. The molecular formula is C12H13ClN4OS. The number of piperidine rings is 1. The van der Waals surface area contributed by atoms with Gasteiger partial charge in [0, 0.05) is 11.4 Å². The lowest BCUT2D eigenvalue weighted by atomic mass is 10.1. The molecule has 1 unspecified atom stereocenters. The number of halogens is 1. The zero-order chi connectivity index (χ0) is 13.4. The highest BCUT2D eigenvalue weighted by Crippen LogP contribution is 2.30. The SMILES string of the molecule is Cc1cc2c(NC3CCCNC3=O)nc(Cl)nc2s1. The maximum atomic E-state index is 11.8. The third kappa shape index (κ3) is 2.50. The third-order valence-electron chi connectivity index (χ3n) is 3.08. The first kappa shape index (κ1) is 12.6. The monoisotopic (exact) mass is 296 g/mol. The van der Waals surface area contributed by atoms with Crippen LogP contribution in [0.2, 0.25) is 5.28 Å². The molecule has 100 valence electrons. The first-order valence-corrected chi connectivity index (χ1v) is 7.31. The van der Waals surface area contributed by atoms with Gasteiger partial charge >= 0.3 is 0 Å². The smallest absolute Gasteiger partial charge is 0.242 e. The van der Waals surface area contributed by atoms with Gasteiger partial charge in [0.25, 0.3) is 0 Å². The fourth-order valence-electron chi connectivity index (χ4n) is 2.20. The summed E-state index contributed by atoms with van der Waals surface area (Å²) in [6.45, 7) is 2.76. The molecule has 7 heteroatoms. The Kier molecular flexibility index (Phi) is 3.28. The average molecular weight is 297 g/mol. The van der Waals surface area contributed by atoms with E-state index in [4.69, 9.17) is 11.6 Å². The molecule has 5 nitrogen and oxygen atoms in total. The fourth-order valence-corrected chi connectivity index (χ4v) is 3.30. The van der Waals surface area contributed by atoms with E-state index in [1.54, 1.807) is 11.3 Å². The fraction of sp³-hybridized carbons (Fsp3) is 0.417. The Morgan fingerprint density at radius 1 is 1.53 bits per heavy atom. The number of rotatable bonds is 2. The summed E-state index contributed by atoms with van der Waals surface area (Å²) in [4.78, 5) is 22.2. The zero-order valence-corrected chi connectivity index (χ0v) is 11.9. The quantitative estimate of drug-likeness (QED) is 0.835. The number of aryl methyl sites for hydroxylation is 1. The number of thiophene rings is 1. The van der Waals surface area contributed by atoms with Gasteiger partial charge in [-0.05, 0) is 37.4 Å². The second-order valence-electron chi connectivity index (χ2n) is 4.55. The Morgan fingerprint density at radius 2 is 2.37 bits per heavy atom. The van der Waals surface area contributed by atoms with Crippen molar-refractivity contribution in [2.24, 2.45) is 0 Å². The van der Waals surface area contributed by atoms with Crippen LogP contribution in [-0.2, 0) is 4.79 Å². The van der Waals surface area contributed by atoms with Gasteiger partial charge in [-0.25, -0.2) is 9.97 Å². The highest BCUT2D eigenvalue weighted by atomic mass is 35.5. The molecule has 0 aromatic carbocycles. The van der Waals surface area contributed by atoms with Gasteiger partial charge in [0.2, 0.25) is 11.2 Å². The van der Waals surface area contributed by atoms with Crippen molar-refractivity contribution in [1.82, 2.24) is 15.3 Å². The van der Waals surface area contributed by atoms with E-state index in [-0.39, 0.29) is 17.2 Å². The number of hydrogen-bond acceptors (Lipinski definition) is 5. The highest BCUT2D eigenvalue weighted by molar-refractivity contribution is 7.18.